The van der Waals surface area contributed by atoms with E-state index in [1.165, 1.54) is 6.08 Å². The molecule has 0 aromatic carbocycles. The first-order valence-electron chi connectivity index (χ1n) is 6.79. The molecule has 0 fully saturated rings. The maximum Gasteiger partial charge on any atom is 0.330 e. The van der Waals surface area contributed by atoms with Gasteiger partial charge >= 0.3 is 5.97 Å². The minimum absolute atomic E-state index is 0.326. The summed E-state index contributed by atoms with van der Waals surface area (Å²) in [6.45, 7) is 15.0. The lowest BCUT2D eigenvalue weighted by atomic mass is 10.1. The molecule has 0 saturated heterocycles. The van der Waals surface area contributed by atoms with E-state index in [0.29, 0.717) is 19.6 Å². The number of hydrogen-bond donors (Lipinski definition) is 0. The quantitative estimate of drug-likeness (QED) is 0.348. The fraction of sp³-hybridized carbons (Fsp3) is 0.800. The Hall–Kier alpha value is -0.870. The fourth-order valence-corrected chi connectivity index (χ4v) is 1.44. The Labute approximate surface area is 117 Å². The highest BCUT2D eigenvalue weighted by atomic mass is 16.6. The molecular weight excluding hydrogens is 244 g/mol. The Morgan fingerprint density at radius 1 is 1.16 bits per heavy atom. The molecule has 4 nitrogen and oxygen atoms in total. The zero-order valence-electron chi connectivity index (χ0n) is 13.0. The Balaban J connectivity index is 3.98. The van der Waals surface area contributed by atoms with Crippen LogP contribution < -0.4 is 0 Å². The zero-order chi connectivity index (χ0) is 14.9. The standard InChI is InChI=1S/C15H28O4/c1-7-10-17-12-15(5,6)18-11-9-14(3,4)19-13(16)8-2/h8H,2,7,9-12H2,1,3-6H3. The molecule has 0 aliphatic rings. The molecule has 112 valence electrons. The maximum absolute atomic E-state index is 11.2. The van der Waals surface area contributed by atoms with Crippen LogP contribution in [0.5, 0.6) is 0 Å². The Bertz CT molecular complexity index is 282. The average Bonchev–Trinajstić information content (AvgIpc) is 2.27. The Morgan fingerprint density at radius 2 is 1.79 bits per heavy atom. The van der Waals surface area contributed by atoms with E-state index in [0.717, 1.165) is 13.0 Å². The molecule has 0 aliphatic heterocycles. The summed E-state index contributed by atoms with van der Waals surface area (Å²) in [5.41, 5.74) is -0.876. The van der Waals surface area contributed by atoms with Crippen molar-refractivity contribution in [3.8, 4) is 0 Å². The van der Waals surface area contributed by atoms with Crippen molar-refractivity contribution >= 4 is 5.97 Å². The van der Waals surface area contributed by atoms with Gasteiger partial charge in [0.25, 0.3) is 0 Å². The van der Waals surface area contributed by atoms with Gasteiger partial charge in [-0.3, -0.25) is 0 Å². The van der Waals surface area contributed by atoms with Gasteiger partial charge in [0.1, 0.15) is 5.60 Å². The predicted molar refractivity (Wildman–Crippen MR) is 76.1 cm³/mol. The van der Waals surface area contributed by atoms with Gasteiger partial charge in [0.2, 0.25) is 0 Å². The number of esters is 1. The average molecular weight is 272 g/mol. The second-order valence-electron chi connectivity index (χ2n) is 5.80. The molecule has 0 unspecified atom stereocenters. The lowest BCUT2D eigenvalue weighted by Crippen LogP contribution is -2.34. The molecule has 0 spiro atoms. The highest BCUT2D eigenvalue weighted by Gasteiger charge is 2.24. The Morgan fingerprint density at radius 3 is 2.32 bits per heavy atom. The van der Waals surface area contributed by atoms with E-state index in [1.807, 2.05) is 27.7 Å². The molecule has 0 radical (unpaired) electrons. The minimum atomic E-state index is -0.550. The van der Waals surface area contributed by atoms with Gasteiger partial charge in [-0.1, -0.05) is 13.5 Å². The second-order valence-corrected chi connectivity index (χ2v) is 5.80. The summed E-state index contributed by atoms with van der Waals surface area (Å²) in [4.78, 5) is 11.2. The number of hydrogen-bond acceptors (Lipinski definition) is 4. The van der Waals surface area contributed by atoms with Gasteiger partial charge in [-0.2, -0.15) is 0 Å². The van der Waals surface area contributed by atoms with Gasteiger partial charge in [-0.15, -0.1) is 0 Å². The number of carbonyl (C=O) groups is 1. The molecule has 0 rings (SSSR count). The third-order valence-corrected chi connectivity index (χ3v) is 2.54. The lowest BCUT2D eigenvalue weighted by Gasteiger charge is -2.29. The summed E-state index contributed by atoms with van der Waals surface area (Å²) >= 11 is 0. The largest absolute Gasteiger partial charge is 0.456 e. The Kier molecular flexibility index (Phi) is 7.95. The summed E-state index contributed by atoms with van der Waals surface area (Å²) in [5, 5.41) is 0. The van der Waals surface area contributed by atoms with E-state index in [4.69, 9.17) is 14.2 Å². The van der Waals surface area contributed by atoms with Crippen LogP contribution in [0, 0.1) is 0 Å². The topological polar surface area (TPSA) is 44.8 Å². The highest BCUT2D eigenvalue weighted by molar-refractivity contribution is 5.81. The van der Waals surface area contributed by atoms with Crippen molar-refractivity contribution in [1.29, 1.82) is 0 Å². The highest BCUT2D eigenvalue weighted by Crippen LogP contribution is 2.18. The van der Waals surface area contributed by atoms with E-state index in [-0.39, 0.29) is 5.60 Å². The molecule has 0 saturated carbocycles. The first-order chi connectivity index (χ1) is 8.72. The normalized spacial score (nSPS) is 12.3. The molecule has 4 heteroatoms. The van der Waals surface area contributed by atoms with Crippen molar-refractivity contribution in [2.24, 2.45) is 0 Å². The maximum atomic E-state index is 11.2. The molecule has 0 heterocycles. The number of rotatable bonds is 10. The summed E-state index contributed by atoms with van der Waals surface area (Å²) in [6, 6.07) is 0. The van der Waals surface area contributed by atoms with Crippen LogP contribution in [-0.4, -0.2) is 37.0 Å². The fourth-order valence-electron chi connectivity index (χ4n) is 1.44. The monoisotopic (exact) mass is 272 g/mol. The molecule has 0 amide bonds. The van der Waals surface area contributed by atoms with E-state index in [1.54, 1.807) is 0 Å². The van der Waals surface area contributed by atoms with Crippen LogP contribution in [0.4, 0.5) is 0 Å². The smallest absolute Gasteiger partial charge is 0.330 e. The van der Waals surface area contributed by atoms with Crippen molar-refractivity contribution in [2.45, 2.75) is 58.7 Å². The van der Waals surface area contributed by atoms with Gasteiger partial charge < -0.3 is 14.2 Å². The molecule has 0 N–H and O–H groups in total. The lowest BCUT2D eigenvalue weighted by molar-refractivity contribution is -0.153. The van der Waals surface area contributed by atoms with Gasteiger partial charge in [0.05, 0.1) is 18.8 Å². The van der Waals surface area contributed by atoms with Crippen LogP contribution in [0.25, 0.3) is 0 Å². The number of carbonyl (C=O) groups excluding carboxylic acids is 1. The van der Waals surface area contributed by atoms with E-state index >= 15 is 0 Å². The molecule has 0 aromatic rings. The van der Waals surface area contributed by atoms with Crippen molar-refractivity contribution in [2.75, 3.05) is 19.8 Å². The van der Waals surface area contributed by atoms with Crippen LogP contribution in [0.2, 0.25) is 0 Å². The molecular formula is C15H28O4. The third kappa shape index (κ3) is 9.68. The number of ether oxygens (including phenoxy) is 3. The van der Waals surface area contributed by atoms with Crippen molar-refractivity contribution in [3.63, 3.8) is 0 Å². The van der Waals surface area contributed by atoms with Crippen LogP contribution in [-0.2, 0) is 19.0 Å². The minimum Gasteiger partial charge on any atom is -0.456 e. The summed E-state index contributed by atoms with van der Waals surface area (Å²) in [5.74, 6) is -0.407. The molecule has 0 atom stereocenters. The van der Waals surface area contributed by atoms with Crippen LogP contribution in [0.15, 0.2) is 12.7 Å². The summed E-state index contributed by atoms with van der Waals surface area (Å²) in [6.07, 6.45) is 2.80. The molecule has 19 heavy (non-hydrogen) atoms. The van der Waals surface area contributed by atoms with E-state index < -0.39 is 11.6 Å². The second kappa shape index (κ2) is 8.33. The van der Waals surface area contributed by atoms with Crippen LogP contribution >= 0.6 is 0 Å². The van der Waals surface area contributed by atoms with Gasteiger partial charge in [0.15, 0.2) is 0 Å². The SMILES string of the molecule is C=CC(=O)OC(C)(C)CCOC(C)(C)COCCC. The van der Waals surface area contributed by atoms with Crippen molar-refractivity contribution < 1.29 is 19.0 Å². The van der Waals surface area contributed by atoms with Gasteiger partial charge in [-0.25, -0.2) is 4.79 Å². The summed E-state index contributed by atoms with van der Waals surface area (Å²) in [7, 11) is 0. The van der Waals surface area contributed by atoms with Crippen LogP contribution in [0.1, 0.15) is 47.5 Å². The molecule has 0 aliphatic carbocycles. The third-order valence-electron chi connectivity index (χ3n) is 2.54. The first kappa shape index (κ1) is 18.1. The summed E-state index contributed by atoms with van der Waals surface area (Å²) < 4.78 is 16.5. The predicted octanol–water partition coefficient (Wildman–Crippen LogP) is 3.11. The van der Waals surface area contributed by atoms with Crippen molar-refractivity contribution in [1.82, 2.24) is 0 Å². The van der Waals surface area contributed by atoms with E-state index in [2.05, 4.69) is 13.5 Å². The van der Waals surface area contributed by atoms with Gasteiger partial charge in [0, 0.05) is 19.1 Å². The van der Waals surface area contributed by atoms with Gasteiger partial charge in [-0.05, 0) is 34.1 Å². The van der Waals surface area contributed by atoms with Crippen LogP contribution in [0.3, 0.4) is 0 Å². The molecule has 0 bridgehead atoms. The first-order valence-corrected chi connectivity index (χ1v) is 6.79. The zero-order valence-corrected chi connectivity index (χ0v) is 13.0. The van der Waals surface area contributed by atoms with E-state index in [9.17, 15) is 4.79 Å². The molecule has 0 aromatic heterocycles. The van der Waals surface area contributed by atoms with Crippen molar-refractivity contribution in [3.05, 3.63) is 12.7 Å².